The summed E-state index contributed by atoms with van der Waals surface area (Å²) in [4.78, 5) is 0. The first kappa shape index (κ1) is 14.6. The Morgan fingerprint density at radius 3 is 2.72 bits per heavy atom. The van der Waals surface area contributed by atoms with Crippen molar-refractivity contribution in [3.63, 3.8) is 0 Å². The maximum absolute atomic E-state index is 4.26. The van der Waals surface area contributed by atoms with Gasteiger partial charge in [-0.15, -0.1) is 21.5 Å². The third-order valence-electron chi connectivity index (χ3n) is 2.30. The molecule has 0 bridgehead atoms. The van der Waals surface area contributed by atoms with Crippen LogP contribution in [0.25, 0.3) is 10.6 Å². The molecule has 0 saturated carbocycles. The van der Waals surface area contributed by atoms with Crippen molar-refractivity contribution in [3.8, 4) is 10.6 Å². The first-order valence-electron chi connectivity index (χ1n) is 5.69. The summed E-state index contributed by atoms with van der Waals surface area (Å²) in [6.07, 6.45) is 2.11. The second-order valence-electron chi connectivity index (χ2n) is 3.74. The summed E-state index contributed by atoms with van der Waals surface area (Å²) >= 11 is 10.4. The largest absolute Gasteiger partial charge is 0.316 e. The van der Waals surface area contributed by atoms with Crippen molar-refractivity contribution in [1.82, 2.24) is 15.5 Å². The predicted octanol–water partition coefficient (Wildman–Crippen LogP) is 4.33. The number of halogens is 2. The third kappa shape index (κ3) is 3.84. The third-order valence-corrected chi connectivity index (χ3v) is 5.65. The van der Waals surface area contributed by atoms with Crippen molar-refractivity contribution in [2.45, 2.75) is 19.8 Å². The molecule has 0 fully saturated rings. The second-order valence-corrected chi connectivity index (χ2v) is 8.55. The number of thiophene rings is 1. The van der Waals surface area contributed by atoms with Gasteiger partial charge in [0.25, 0.3) is 0 Å². The molecule has 0 amide bonds. The molecular weight excluding hydrogens is 398 g/mol. The van der Waals surface area contributed by atoms with E-state index in [0.717, 1.165) is 49.1 Å². The lowest BCUT2D eigenvalue weighted by Crippen LogP contribution is -2.17. The summed E-state index contributed by atoms with van der Waals surface area (Å²) in [5, 5.41) is 13.9. The highest BCUT2D eigenvalue weighted by Crippen LogP contribution is 2.39. The van der Waals surface area contributed by atoms with Gasteiger partial charge in [0, 0.05) is 18.5 Å². The van der Waals surface area contributed by atoms with Gasteiger partial charge in [-0.2, -0.15) is 0 Å². The Kier molecular flexibility index (Phi) is 5.75. The Labute approximate surface area is 131 Å². The normalized spacial score (nSPS) is 11.1. The van der Waals surface area contributed by atoms with Crippen LogP contribution in [0, 0.1) is 0 Å². The zero-order valence-corrected chi connectivity index (χ0v) is 14.7. The SMILES string of the molecule is CCCNCCc1nnc(-c2cc(Br)sc2Br)s1. The van der Waals surface area contributed by atoms with E-state index in [0.29, 0.717) is 0 Å². The number of aromatic nitrogens is 2. The minimum absolute atomic E-state index is 0.945. The van der Waals surface area contributed by atoms with Crippen LogP contribution >= 0.6 is 54.5 Å². The fourth-order valence-corrected chi connectivity index (χ4v) is 5.31. The molecule has 18 heavy (non-hydrogen) atoms. The van der Waals surface area contributed by atoms with Gasteiger partial charge in [-0.3, -0.25) is 0 Å². The van der Waals surface area contributed by atoms with Gasteiger partial charge < -0.3 is 5.32 Å². The van der Waals surface area contributed by atoms with Crippen molar-refractivity contribution in [2.24, 2.45) is 0 Å². The van der Waals surface area contributed by atoms with E-state index in [9.17, 15) is 0 Å². The molecule has 2 rings (SSSR count). The molecule has 1 N–H and O–H groups in total. The Morgan fingerprint density at radius 1 is 1.22 bits per heavy atom. The van der Waals surface area contributed by atoms with Gasteiger partial charge in [0.15, 0.2) is 0 Å². The van der Waals surface area contributed by atoms with Crippen LogP contribution < -0.4 is 5.32 Å². The van der Waals surface area contributed by atoms with E-state index >= 15 is 0 Å². The molecule has 0 aromatic carbocycles. The molecule has 2 aromatic rings. The maximum Gasteiger partial charge on any atom is 0.149 e. The van der Waals surface area contributed by atoms with E-state index in [4.69, 9.17) is 0 Å². The lowest BCUT2D eigenvalue weighted by molar-refractivity contribution is 0.668. The Balaban J connectivity index is 1.99. The number of hydrogen-bond acceptors (Lipinski definition) is 5. The molecule has 2 aromatic heterocycles. The van der Waals surface area contributed by atoms with Crippen molar-refractivity contribution >= 4 is 54.5 Å². The van der Waals surface area contributed by atoms with Gasteiger partial charge in [-0.05, 0) is 50.9 Å². The van der Waals surface area contributed by atoms with E-state index in [1.54, 1.807) is 22.7 Å². The summed E-state index contributed by atoms with van der Waals surface area (Å²) in [6, 6.07) is 2.08. The highest BCUT2D eigenvalue weighted by Gasteiger charge is 2.12. The monoisotopic (exact) mass is 409 g/mol. The lowest BCUT2D eigenvalue weighted by Gasteiger charge is -1.98. The topological polar surface area (TPSA) is 37.8 Å². The van der Waals surface area contributed by atoms with E-state index in [-0.39, 0.29) is 0 Å². The van der Waals surface area contributed by atoms with Gasteiger partial charge in [0.1, 0.15) is 10.0 Å². The molecule has 0 spiro atoms. The number of nitrogens with zero attached hydrogens (tertiary/aromatic N) is 2. The molecule has 2 heterocycles. The summed E-state index contributed by atoms with van der Waals surface area (Å²) in [6.45, 7) is 4.20. The standard InChI is InChI=1S/C11H13Br2N3S2/c1-2-4-14-5-3-9-15-16-11(18-9)7-6-8(12)17-10(7)13/h6,14H,2-5H2,1H3. The van der Waals surface area contributed by atoms with Crippen molar-refractivity contribution < 1.29 is 0 Å². The van der Waals surface area contributed by atoms with Crippen LogP contribution in [-0.2, 0) is 6.42 Å². The van der Waals surface area contributed by atoms with Crippen molar-refractivity contribution in [2.75, 3.05) is 13.1 Å². The summed E-state index contributed by atoms with van der Waals surface area (Å²) < 4.78 is 2.20. The number of hydrogen-bond donors (Lipinski definition) is 1. The highest BCUT2D eigenvalue weighted by molar-refractivity contribution is 9.12. The molecular formula is C11H13Br2N3S2. The van der Waals surface area contributed by atoms with Crippen molar-refractivity contribution in [3.05, 3.63) is 18.6 Å². The molecule has 0 aliphatic rings. The number of rotatable bonds is 6. The van der Waals surface area contributed by atoms with Crippen LogP contribution in [0.5, 0.6) is 0 Å². The molecule has 0 aliphatic heterocycles. The van der Waals surface area contributed by atoms with Gasteiger partial charge >= 0.3 is 0 Å². The first-order valence-corrected chi connectivity index (χ1v) is 8.91. The first-order chi connectivity index (χ1) is 8.70. The maximum atomic E-state index is 4.26. The lowest BCUT2D eigenvalue weighted by atomic mass is 10.4. The van der Waals surface area contributed by atoms with Crippen LogP contribution in [-0.4, -0.2) is 23.3 Å². The molecule has 3 nitrogen and oxygen atoms in total. The second kappa shape index (κ2) is 7.09. The van der Waals surface area contributed by atoms with Gasteiger partial charge in [0.05, 0.1) is 7.57 Å². The minimum Gasteiger partial charge on any atom is -0.316 e. The summed E-state index contributed by atoms with van der Waals surface area (Å²) in [5.74, 6) is 0. The molecule has 0 atom stereocenters. The summed E-state index contributed by atoms with van der Waals surface area (Å²) in [7, 11) is 0. The molecule has 0 unspecified atom stereocenters. The average Bonchev–Trinajstić information content (AvgIpc) is 2.91. The molecule has 7 heteroatoms. The van der Waals surface area contributed by atoms with E-state index in [1.807, 2.05) is 0 Å². The zero-order chi connectivity index (χ0) is 13.0. The Morgan fingerprint density at radius 2 is 2.06 bits per heavy atom. The molecule has 0 radical (unpaired) electrons. The fourth-order valence-electron chi connectivity index (χ4n) is 1.45. The van der Waals surface area contributed by atoms with Crippen LogP contribution in [0.2, 0.25) is 0 Å². The van der Waals surface area contributed by atoms with Gasteiger partial charge in [-0.25, -0.2) is 0 Å². The van der Waals surface area contributed by atoms with Crippen LogP contribution in [0.4, 0.5) is 0 Å². The van der Waals surface area contributed by atoms with Crippen LogP contribution in [0.3, 0.4) is 0 Å². The minimum atomic E-state index is 0.945. The molecule has 0 aliphatic carbocycles. The van der Waals surface area contributed by atoms with Crippen LogP contribution in [0.1, 0.15) is 18.4 Å². The quantitative estimate of drug-likeness (QED) is 0.720. The molecule has 98 valence electrons. The molecule has 0 saturated heterocycles. The highest BCUT2D eigenvalue weighted by atomic mass is 79.9. The zero-order valence-electron chi connectivity index (χ0n) is 9.87. The predicted molar refractivity (Wildman–Crippen MR) is 85.5 cm³/mol. The Hall–Kier alpha value is 0.180. The Bertz CT molecular complexity index is 510. The van der Waals surface area contributed by atoms with Gasteiger partial charge in [0.2, 0.25) is 0 Å². The van der Waals surface area contributed by atoms with Gasteiger partial charge in [-0.1, -0.05) is 18.3 Å². The van der Waals surface area contributed by atoms with E-state index in [2.05, 4.69) is 60.4 Å². The van der Waals surface area contributed by atoms with Crippen LogP contribution in [0.15, 0.2) is 13.6 Å². The van der Waals surface area contributed by atoms with E-state index < -0.39 is 0 Å². The number of nitrogens with one attached hydrogen (secondary N) is 1. The summed E-state index contributed by atoms with van der Waals surface area (Å²) in [5.41, 5.74) is 1.12. The van der Waals surface area contributed by atoms with E-state index in [1.165, 1.54) is 0 Å². The average molecular weight is 411 g/mol. The van der Waals surface area contributed by atoms with Crippen molar-refractivity contribution in [1.29, 1.82) is 0 Å². The fraction of sp³-hybridized carbons (Fsp3) is 0.455. The smallest absolute Gasteiger partial charge is 0.149 e.